The molecule has 0 heterocycles. The lowest BCUT2D eigenvalue weighted by Crippen LogP contribution is -1.97. The quantitative estimate of drug-likeness (QED) is 0.772. The second-order valence-electron chi connectivity index (χ2n) is 4.52. The van der Waals surface area contributed by atoms with E-state index in [1.807, 2.05) is 36.4 Å². The zero-order valence-corrected chi connectivity index (χ0v) is 12.0. The summed E-state index contributed by atoms with van der Waals surface area (Å²) in [5.41, 5.74) is 2.37. The van der Waals surface area contributed by atoms with E-state index in [1.54, 1.807) is 14.2 Å². The molecule has 0 saturated heterocycles. The summed E-state index contributed by atoms with van der Waals surface area (Å²) in [6, 6.07) is 16.0. The fraction of sp³-hybridized carbons (Fsp3) is 0.294. The van der Waals surface area contributed by atoms with E-state index in [0.29, 0.717) is 6.61 Å². The summed E-state index contributed by atoms with van der Waals surface area (Å²) >= 11 is 0. The Labute approximate surface area is 120 Å². The van der Waals surface area contributed by atoms with Crippen LogP contribution in [0.15, 0.2) is 48.5 Å². The van der Waals surface area contributed by atoms with Crippen LogP contribution in [0.3, 0.4) is 0 Å². The predicted octanol–water partition coefficient (Wildman–Crippen LogP) is 3.46. The van der Waals surface area contributed by atoms with Gasteiger partial charge in [0.25, 0.3) is 0 Å². The van der Waals surface area contributed by atoms with Crippen molar-refractivity contribution in [2.24, 2.45) is 0 Å². The van der Waals surface area contributed by atoms with E-state index in [1.165, 1.54) is 5.56 Å². The fourth-order valence-electron chi connectivity index (χ4n) is 1.86. The molecule has 0 aliphatic heterocycles. The molecule has 0 unspecified atom stereocenters. The molecule has 2 aromatic carbocycles. The van der Waals surface area contributed by atoms with Gasteiger partial charge in [0.1, 0.15) is 18.1 Å². The highest BCUT2D eigenvalue weighted by Gasteiger charge is 1.98. The first-order chi connectivity index (χ1) is 9.81. The molecule has 3 nitrogen and oxygen atoms in total. The van der Waals surface area contributed by atoms with Crippen molar-refractivity contribution in [3.05, 3.63) is 59.7 Å². The van der Waals surface area contributed by atoms with E-state index >= 15 is 0 Å². The largest absolute Gasteiger partial charge is 0.497 e. The Kier molecular flexibility index (Phi) is 5.44. The van der Waals surface area contributed by atoms with Crippen LogP contribution in [-0.4, -0.2) is 20.8 Å². The van der Waals surface area contributed by atoms with Gasteiger partial charge in [-0.15, -0.1) is 0 Å². The van der Waals surface area contributed by atoms with Crippen LogP contribution in [-0.2, 0) is 17.8 Å². The van der Waals surface area contributed by atoms with Gasteiger partial charge in [-0.2, -0.15) is 0 Å². The highest BCUT2D eigenvalue weighted by Crippen LogP contribution is 2.16. The molecule has 0 bridgehead atoms. The van der Waals surface area contributed by atoms with Crippen molar-refractivity contribution in [1.29, 1.82) is 0 Å². The molecule has 0 atom stereocenters. The normalized spacial score (nSPS) is 10.3. The van der Waals surface area contributed by atoms with Crippen molar-refractivity contribution >= 4 is 0 Å². The van der Waals surface area contributed by atoms with E-state index < -0.39 is 0 Å². The number of hydrogen-bond donors (Lipinski definition) is 0. The van der Waals surface area contributed by atoms with Gasteiger partial charge in [0.05, 0.1) is 13.7 Å². The van der Waals surface area contributed by atoms with Gasteiger partial charge in [0, 0.05) is 7.11 Å². The van der Waals surface area contributed by atoms with E-state index in [-0.39, 0.29) is 0 Å². The first-order valence-corrected chi connectivity index (χ1v) is 6.65. The second-order valence-corrected chi connectivity index (χ2v) is 4.52. The third kappa shape index (κ3) is 4.28. The topological polar surface area (TPSA) is 27.7 Å². The second kappa shape index (κ2) is 7.56. The van der Waals surface area contributed by atoms with Crippen LogP contribution in [0.4, 0.5) is 0 Å². The van der Waals surface area contributed by atoms with Crippen LogP contribution >= 0.6 is 0 Å². The lowest BCUT2D eigenvalue weighted by atomic mass is 10.1. The molecule has 0 amide bonds. The number of benzene rings is 2. The van der Waals surface area contributed by atoms with Crippen molar-refractivity contribution in [3.63, 3.8) is 0 Å². The van der Waals surface area contributed by atoms with Crippen molar-refractivity contribution in [2.75, 3.05) is 20.8 Å². The summed E-state index contributed by atoms with van der Waals surface area (Å²) in [5.74, 6) is 1.73. The van der Waals surface area contributed by atoms with E-state index in [9.17, 15) is 0 Å². The van der Waals surface area contributed by atoms with Gasteiger partial charge in [0.2, 0.25) is 0 Å². The number of hydrogen-bond acceptors (Lipinski definition) is 3. The Morgan fingerprint density at radius 3 is 1.95 bits per heavy atom. The van der Waals surface area contributed by atoms with Crippen LogP contribution in [0, 0.1) is 0 Å². The number of rotatable bonds is 7. The molecule has 20 heavy (non-hydrogen) atoms. The zero-order chi connectivity index (χ0) is 14.2. The molecule has 2 aromatic rings. The first kappa shape index (κ1) is 14.4. The third-order valence-corrected chi connectivity index (χ3v) is 3.08. The first-order valence-electron chi connectivity index (χ1n) is 6.65. The van der Waals surface area contributed by atoms with Crippen molar-refractivity contribution in [3.8, 4) is 11.5 Å². The summed E-state index contributed by atoms with van der Waals surface area (Å²) < 4.78 is 15.9. The standard InChI is InChI=1S/C17H20O3/c1-18-12-11-14-3-9-17(10-4-14)20-13-15-5-7-16(19-2)8-6-15/h3-10H,11-13H2,1-2H3. The number of methoxy groups -OCH3 is 2. The molecule has 3 heteroatoms. The molecule has 0 spiro atoms. The fourth-order valence-corrected chi connectivity index (χ4v) is 1.86. The van der Waals surface area contributed by atoms with Gasteiger partial charge in [-0.05, 0) is 41.8 Å². The zero-order valence-electron chi connectivity index (χ0n) is 12.0. The minimum absolute atomic E-state index is 0.557. The van der Waals surface area contributed by atoms with Crippen LogP contribution in [0.1, 0.15) is 11.1 Å². The molecule has 0 fully saturated rings. The molecule has 106 valence electrons. The Hall–Kier alpha value is -2.00. The van der Waals surface area contributed by atoms with Gasteiger partial charge in [-0.25, -0.2) is 0 Å². The highest BCUT2D eigenvalue weighted by molar-refractivity contribution is 5.29. The van der Waals surface area contributed by atoms with Crippen LogP contribution in [0.5, 0.6) is 11.5 Å². The third-order valence-electron chi connectivity index (χ3n) is 3.08. The van der Waals surface area contributed by atoms with Crippen molar-refractivity contribution in [1.82, 2.24) is 0 Å². The Balaban J connectivity index is 1.86. The predicted molar refractivity (Wildman–Crippen MR) is 79.3 cm³/mol. The average Bonchev–Trinajstić information content (AvgIpc) is 2.52. The van der Waals surface area contributed by atoms with E-state index in [2.05, 4.69) is 12.1 Å². The number of ether oxygens (including phenoxy) is 3. The van der Waals surface area contributed by atoms with Gasteiger partial charge in [0.15, 0.2) is 0 Å². The maximum atomic E-state index is 5.75. The Morgan fingerprint density at radius 1 is 0.750 bits per heavy atom. The van der Waals surface area contributed by atoms with E-state index in [0.717, 1.165) is 30.1 Å². The van der Waals surface area contributed by atoms with Crippen LogP contribution < -0.4 is 9.47 Å². The highest BCUT2D eigenvalue weighted by atomic mass is 16.5. The summed E-state index contributed by atoms with van der Waals surface area (Å²) in [7, 11) is 3.38. The van der Waals surface area contributed by atoms with Gasteiger partial charge < -0.3 is 14.2 Å². The molecular formula is C17H20O3. The molecular weight excluding hydrogens is 252 g/mol. The molecule has 0 aliphatic carbocycles. The molecule has 0 N–H and O–H groups in total. The molecule has 0 radical (unpaired) electrons. The van der Waals surface area contributed by atoms with Crippen LogP contribution in [0.25, 0.3) is 0 Å². The maximum Gasteiger partial charge on any atom is 0.119 e. The van der Waals surface area contributed by atoms with E-state index in [4.69, 9.17) is 14.2 Å². The lowest BCUT2D eigenvalue weighted by Gasteiger charge is -2.08. The minimum Gasteiger partial charge on any atom is -0.497 e. The van der Waals surface area contributed by atoms with Crippen molar-refractivity contribution in [2.45, 2.75) is 13.0 Å². The SMILES string of the molecule is COCCc1ccc(OCc2ccc(OC)cc2)cc1. The smallest absolute Gasteiger partial charge is 0.119 e. The van der Waals surface area contributed by atoms with Gasteiger partial charge in [-0.3, -0.25) is 0 Å². The van der Waals surface area contributed by atoms with Crippen molar-refractivity contribution < 1.29 is 14.2 Å². The summed E-state index contributed by atoms with van der Waals surface area (Å²) in [4.78, 5) is 0. The molecule has 0 aliphatic rings. The average molecular weight is 272 g/mol. The lowest BCUT2D eigenvalue weighted by molar-refractivity contribution is 0.202. The monoisotopic (exact) mass is 272 g/mol. The molecule has 0 aromatic heterocycles. The summed E-state index contributed by atoms with van der Waals surface area (Å²) in [6.45, 7) is 1.30. The minimum atomic E-state index is 0.557. The van der Waals surface area contributed by atoms with Gasteiger partial charge >= 0.3 is 0 Å². The molecule has 2 rings (SSSR count). The van der Waals surface area contributed by atoms with Crippen LogP contribution in [0.2, 0.25) is 0 Å². The summed E-state index contributed by atoms with van der Waals surface area (Å²) in [5, 5.41) is 0. The van der Waals surface area contributed by atoms with Gasteiger partial charge in [-0.1, -0.05) is 24.3 Å². The molecule has 0 saturated carbocycles. The Bertz CT molecular complexity index is 503. The summed E-state index contributed by atoms with van der Waals surface area (Å²) in [6.07, 6.45) is 0.926. The maximum absolute atomic E-state index is 5.75. The Morgan fingerprint density at radius 2 is 1.35 bits per heavy atom.